The van der Waals surface area contributed by atoms with Crippen molar-refractivity contribution < 1.29 is 33.4 Å². The molecule has 0 saturated carbocycles. The Morgan fingerprint density at radius 2 is 1.22 bits per heavy atom. The quantitative estimate of drug-likeness (QED) is 0.0984. The van der Waals surface area contributed by atoms with E-state index in [0.29, 0.717) is 31.3 Å². The van der Waals surface area contributed by atoms with Gasteiger partial charge in [0, 0.05) is 25.2 Å². The van der Waals surface area contributed by atoms with Crippen molar-refractivity contribution in [2.75, 3.05) is 34.0 Å². The zero-order chi connectivity index (χ0) is 50.4. The van der Waals surface area contributed by atoms with Crippen LogP contribution < -0.4 is 10.6 Å². The molecule has 4 N–H and O–H groups in total. The Hall–Kier alpha value is -7.69. The summed E-state index contributed by atoms with van der Waals surface area (Å²) in [6.07, 6.45) is 7.05. The highest BCUT2D eigenvalue weighted by atomic mass is 16.5. The number of amides is 6. The van der Waals surface area contributed by atoms with Gasteiger partial charge in [-0.3, -0.25) is 9.59 Å². The number of rotatable bonds is 11. The van der Waals surface area contributed by atoms with Crippen LogP contribution in [0.3, 0.4) is 0 Å². The third-order valence-corrected chi connectivity index (χ3v) is 15.0. The Bertz CT molecular complexity index is 3050. The SMILES string of the molecule is COC(=O)N[C@H](C(=O)N1CN(C(=O)N2Cc3ccc4c(c3C2)CCC4)C[C@H]1c1ncc(-c2ccc(-c3cccc4c(-c5cnc([C@@H]6CCCN6C(=O)[C@@H](NC(=O)OC)C(C)C)[nH]5)cccc34)cc2)[nH]1)C(C)C. The van der Waals surface area contributed by atoms with Crippen molar-refractivity contribution in [3.05, 3.63) is 119 Å². The van der Waals surface area contributed by atoms with Gasteiger partial charge in [0.05, 0.1) is 57.3 Å². The van der Waals surface area contributed by atoms with E-state index in [-0.39, 0.29) is 48.9 Å². The molecule has 2 saturated heterocycles. The molecule has 10 rings (SSSR count). The van der Waals surface area contributed by atoms with Crippen LogP contribution in [0.25, 0.3) is 44.4 Å². The molecule has 0 bridgehead atoms. The van der Waals surface area contributed by atoms with Crippen molar-refractivity contribution in [1.29, 1.82) is 0 Å². The molecule has 6 aromatic rings. The predicted molar refractivity (Wildman–Crippen MR) is 271 cm³/mol. The van der Waals surface area contributed by atoms with E-state index in [4.69, 9.17) is 19.4 Å². The normalized spacial score (nSPS) is 18.2. The Morgan fingerprint density at radius 3 is 1.90 bits per heavy atom. The summed E-state index contributed by atoms with van der Waals surface area (Å²) in [7, 11) is 2.56. The molecule has 0 spiro atoms. The molecule has 2 fully saturated rings. The van der Waals surface area contributed by atoms with E-state index in [1.807, 2.05) is 68.0 Å². The average Bonchev–Trinajstić information content (AvgIpc) is 4.26. The number of carbonyl (C=O) groups excluding carboxylic acids is 5. The number of fused-ring (bicyclic) bond motifs is 4. The second-order valence-electron chi connectivity index (χ2n) is 20.1. The number of aromatic amines is 2. The molecule has 4 atom stereocenters. The van der Waals surface area contributed by atoms with Crippen molar-refractivity contribution in [3.8, 4) is 33.6 Å². The minimum absolute atomic E-state index is 0.0367. The fourth-order valence-electron chi connectivity index (χ4n) is 11.2. The van der Waals surface area contributed by atoms with Gasteiger partial charge in [-0.1, -0.05) is 100 Å². The van der Waals surface area contributed by atoms with Gasteiger partial charge in [-0.05, 0) is 93.7 Å². The van der Waals surface area contributed by atoms with Crippen molar-refractivity contribution in [2.45, 2.75) is 97.1 Å². The van der Waals surface area contributed by atoms with E-state index in [0.717, 1.165) is 76.5 Å². The smallest absolute Gasteiger partial charge is 0.407 e. The summed E-state index contributed by atoms with van der Waals surface area (Å²) in [6, 6.07) is 22.5. The summed E-state index contributed by atoms with van der Waals surface area (Å²) in [5, 5.41) is 7.54. The fourth-order valence-corrected chi connectivity index (χ4v) is 11.2. The Balaban J connectivity index is 0.881. The molecule has 0 radical (unpaired) electrons. The van der Waals surface area contributed by atoms with Crippen LogP contribution in [0, 0.1) is 11.8 Å². The van der Waals surface area contributed by atoms with Gasteiger partial charge < -0.3 is 49.7 Å². The largest absolute Gasteiger partial charge is 0.453 e. The minimum Gasteiger partial charge on any atom is -0.453 e. The van der Waals surface area contributed by atoms with Gasteiger partial charge in [-0.15, -0.1) is 0 Å². The molecule has 4 aromatic carbocycles. The summed E-state index contributed by atoms with van der Waals surface area (Å²) in [6.45, 7) is 9.41. The highest BCUT2D eigenvalue weighted by Gasteiger charge is 2.44. The van der Waals surface area contributed by atoms with Crippen LogP contribution >= 0.6 is 0 Å². The van der Waals surface area contributed by atoms with Crippen LogP contribution in [0.5, 0.6) is 0 Å². The Labute approximate surface area is 418 Å². The van der Waals surface area contributed by atoms with E-state index in [2.05, 4.69) is 69.1 Å². The number of urea groups is 1. The summed E-state index contributed by atoms with van der Waals surface area (Å²) in [5.41, 5.74) is 10.7. The van der Waals surface area contributed by atoms with Gasteiger partial charge in [0.15, 0.2) is 0 Å². The first-order chi connectivity index (χ1) is 34.8. The van der Waals surface area contributed by atoms with E-state index in [1.54, 1.807) is 16.0 Å². The first-order valence-electron chi connectivity index (χ1n) is 25.0. The second-order valence-corrected chi connectivity index (χ2v) is 20.1. The number of nitrogens with zero attached hydrogens (tertiary/aromatic N) is 6. The summed E-state index contributed by atoms with van der Waals surface area (Å²) < 4.78 is 9.70. The number of H-pyrrole nitrogens is 2. The lowest BCUT2D eigenvalue weighted by Crippen LogP contribution is -2.52. The lowest BCUT2D eigenvalue weighted by Gasteiger charge is -2.30. The molecule has 17 nitrogen and oxygen atoms in total. The molecule has 4 aliphatic rings. The number of benzene rings is 4. The molecule has 3 aliphatic heterocycles. The molecule has 0 unspecified atom stereocenters. The predicted octanol–water partition coefficient (Wildman–Crippen LogP) is 8.48. The Kier molecular flexibility index (Phi) is 13.2. The number of hydrogen-bond acceptors (Lipinski definition) is 9. The summed E-state index contributed by atoms with van der Waals surface area (Å²) >= 11 is 0. The number of ether oxygens (including phenoxy) is 2. The molecule has 374 valence electrons. The van der Waals surface area contributed by atoms with Crippen molar-refractivity contribution >= 4 is 40.8 Å². The molecule has 6 amide bonds. The van der Waals surface area contributed by atoms with Crippen LogP contribution in [0.1, 0.15) is 92.9 Å². The number of alkyl carbamates (subject to hydrolysis) is 2. The monoisotopic (exact) mass is 974 g/mol. The number of aromatic nitrogens is 4. The van der Waals surface area contributed by atoms with Gasteiger partial charge >= 0.3 is 18.2 Å². The van der Waals surface area contributed by atoms with Crippen LogP contribution in [0.4, 0.5) is 14.4 Å². The van der Waals surface area contributed by atoms with Crippen molar-refractivity contribution in [2.24, 2.45) is 11.8 Å². The lowest BCUT2D eigenvalue weighted by atomic mass is 9.94. The van der Waals surface area contributed by atoms with Crippen molar-refractivity contribution in [1.82, 2.24) is 50.2 Å². The summed E-state index contributed by atoms with van der Waals surface area (Å²) in [5.74, 6) is 0.354. The second kappa shape index (κ2) is 19.8. The summed E-state index contributed by atoms with van der Waals surface area (Å²) in [4.78, 5) is 90.9. The third-order valence-electron chi connectivity index (χ3n) is 15.0. The standard InChI is InChI=1S/C55H62N10O7/c1-31(2)47(60-53(68)71-5)51(66)64-24-10-17-45(64)49-57-26-44(59-49)41-16-9-14-39-37(13-8-15-40(39)41)34-18-21-35(22-19-34)43-25-56-50(58-43)46-29-63(30-65(46)52(67)48(32(3)4)61-54(69)72-6)55(70)62-27-36-23-20-33-11-7-12-38(33)42(36)28-62/h8-9,13-16,18-23,25-26,31-32,45-48H,7,10-12,17,24,27-30H2,1-6H3,(H,56,58)(H,57,59)(H,60,68)(H,61,69)/t45-,46-,47-,48-/m0/s1. The van der Waals surface area contributed by atoms with Crippen LogP contribution in [-0.2, 0) is 45.0 Å². The number of carbonyl (C=O) groups is 5. The fraction of sp³-hybridized carbons (Fsp3) is 0.400. The number of methoxy groups -OCH3 is 2. The molecule has 5 heterocycles. The van der Waals surface area contributed by atoms with E-state index in [9.17, 15) is 24.0 Å². The average molecular weight is 975 g/mol. The molecule has 2 aromatic heterocycles. The number of hydrogen-bond donors (Lipinski definition) is 4. The first kappa shape index (κ1) is 48.0. The van der Waals surface area contributed by atoms with Gasteiger partial charge in [0.1, 0.15) is 29.8 Å². The maximum atomic E-state index is 14.5. The lowest BCUT2D eigenvalue weighted by molar-refractivity contribution is -0.136. The first-order valence-corrected chi connectivity index (χ1v) is 25.0. The van der Waals surface area contributed by atoms with Crippen molar-refractivity contribution in [3.63, 3.8) is 0 Å². The number of imidazole rings is 2. The molecule has 17 heteroatoms. The number of aryl methyl sites for hydroxylation is 1. The van der Waals surface area contributed by atoms with Gasteiger partial charge in [0.25, 0.3) is 0 Å². The molecule has 1 aliphatic carbocycles. The maximum absolute atomic E-state index is 14.5. The van der Waals surface area contributed by atoms with E-state index >= 15 is 0 Å². The number of likely N-dealkylation sites (tertiary alicyclic amines) is 1. The minimum atomic E-state index is -0.889. The van der Waals surface area contributed by atoms with E-state index in [1.165, 1.54) is 36.5 Å². The highest BCUT2D eigenvalue weighted by molar-refractivity contribution is 6.04. The topological polar surface area (TPSA) is 198 Å². The zero-order valence-electron chi connectivity index (χ0n) is 41.7. The number of nitrogens with one attached hydrogen (secondary N) is 4. The van der Waals surface area contributed by atoms with Crippen LogP contribution in [0.15, 0.2) is 85.2 Å². The molecular formula is C55H62N10O7. The zero-order valence-corrected chi connectivity index (χ0v) is 41.7. The highest BCUT2D eigenvalue weighted by Crippen LogP contribution is 2.39. The van der Waals surface area contributed by atoms with Crippen LogP contribution in [-0.4, -0.2) is 116 Å². The third kappa shape index (κ3) is 9.00. The molecule has 72 heavy (non-hydrogen) atoms. The van der Waals surface area contributed by atoms with E-state index < -0.39 is 30.3 Å². The van der Waals surface area contributed by atoms with Gasteiger partial charge in [0.2, 0.25) is 11.8 Å². The van der Waals surface area contributed by atoms with Gasteiger partial charge in [-0.25, -0.2) is 24.4 Å². The molecular weight excluding hydrogens is 913 g/mol. The van der Waals surface area contributed by atoms with Crippen LogP contribution in [0.2, 0.25) is 0 Å². The Morgan fingerprint density at radius 1 is 0.625 bits per heavy atom. The maximum Gasteiger partial charge on any atom is 0.407 e. The van der Waals surface area contributed by atoms with Gasteiger partial charge in [-0.2, -0.15) is 0 Å².